The van der Waals surface area contributed by atoms with E-state index in [2.05, 4.69) is 63.7 Å². The molecule has 0 saturated carbocycles. The average molecular weight is 409 g/mol. The van der Waals surface area contributed by atoms with Crippen LogP contribution in [0.4, 0.5) is 5.82 Å². The molecule has 5 rings (SSSR count). The number of fused-ring (bicyclic) bond motifs is 1. The molecular weight excluding hydrogens is 384 g/mol. The lowest BCUT2D eigenvalue weighted by Gasteiger charge is -2.24. The largest absolute Gasteiger partial charge is 0.305 e. The smallest absolute Gasteiger partial charge is 0.256 e. The fourth-order valence-electron chi connectivity index (χ4n) is 4.11. The van der Waals surface area contributed by atoms with E-state index in [-0.39, 0.29) is 11.9 Å². The summed E-state index contributed by atoms with van der Waals surface area (Å²) in [5.74, 6) is 0.471. The SMILES string of the molecule is CC(c1ccccc1)N1Cc2[nH]nc(NC(=O)c3ccc(-c4ccccc4)cc3)c2C1. The second-order valence-electron chi connectivity index (χ2n) is 7.92. The topological polar surface area (TPSA) is 61.0 Å². The number of anilines is 1. The molecule has 1 aliphatic heterocycles. The summed E-state index contributed by atoms with van der Waals surface area (Å²) >= 11 is 0. The normalized spacial score (nSPS) is 14.2. The Morgan fingerprint density at radius 2 is 1.55 bits per heavy atom. The Morgan fingerprint density at radius 3 is 2.26 bits per heavy atom. The Morgan fingerprint density at radius 1 is 0.903 bits per heavy atom. The van der Waals surface area contributed by atoms with Crippen LogP contribution in [0, 0.1) is 0 Å². The third-order valence-corrected chi connectivity index (χ3v) is 5.99. The third-order valence-electron chi connectivity index (χ3n) is 5.99. The van der Waals surface area contributed by atoms with Gasteiger partial charge < -0.3 is 5.32 Å². The van der Waals surface area contributed by atoms with Crippen molar-refractivity contribution in [2.45, 2.75) is 26.1 Å². The quantitative estimate of drug-likeness (QED) is 0.464. The van der Waals surface area contributed by atoms with Crippen LogP contribution < -0.4 is 5.32 Å². The van der Waals surface area contributed by atoms with Gasteiger partial charge in [-0.3, -0.25) is 14.8 Å². The first-order chi connectivity index (χ1) is 15.2. The van der Waals surface area contributed by atoms with Crippen LogP contribution in [0.2, 0.25) is 0 Å². The van der Waals surface area contributed by atoms with E-state index >= 15 is 0 Å². The second-order valence-corrected chi connectivity index (χ2v) is 7.92. The number of hydrogen-bond donors (Lipinski definition) is 2. The zero-order valence-corrected chi connectivity index (χ0v) is 17.4. The first-order valence-electron chi connectivity index (χ1n) is 10.5. The van der Waals surface area contributed by atoms with Crippen molar-refractivity contribution in [3.8, 4) is 11.1 Å². The Balaban J connectivity index is 1.28. The molecule has 4 aromatic rings. The van der Waals surface area contributed by atoms with Gasteiger partial charge in [-0.05, 0) is 35.7 Å². The van der Waals surface area contributed by atoms with Crippen LogP contribution in [-0.2, 0) is 13.1 Å². The van der Waals surface area contributed by atoms with E-state index in [4.69, 9.17) is 0 Å². The number of aromatic amines is 1. The summed E-state index contributed by atoms with van der Waals surface area (Å²) < 4.78 is 0. The summed E-state index contributed by atoms with van der Waals surface area (Å²) in [6.07, 6.45) is 0. The molecule has 1 atom stereocenters. The van der Waals surface area contributed by atoms with E-state index < -0.39 is 0 Å². The lowest BCUT2D eigenvalue weighted by Crippen LogP contribution is -2.22. The first-order valence-corrected chi connectivity index (χ1v) is 10.5. The Kier molecular flexibility index (Phi) is 5.10. The minimum atomic E-state index is -0.150. The van der Waals surface area contributed by atoms with Gasteiger partial charge in [0, 0.05) is 30.3 Å². The van der Waals surface area contributed by atoms with Gasteiger partial charge in [0.1, 0.15) is 0 Å². The number of amides is 1. The number of aromatic nitrogens is 2. The van der Waals surface area contributed by atoms with E-state index in [0.29, 0.717) is 11.4 Å². The van der Waals surface area contributed by atoms with Crippen LogP contribution in [0.15, 0.2) is 84.9 Å². The molecule has 0 fully saturated rings. The van der Waals surface area contributed by atoms with Gasteiger partial charge in [0.2, 0.25) is 0 Å². The molecular formula is C26H24N4O. The summed E-state index contributed by atoms with van der Waals surface area (Å²) in [4.78, 5) is 15.2. The minimum Gasteiger partial charge on any atom is -0.305 e. The van der Waals surface area contributed by atoms with Crippen LogP contribution >= 0.6 is 0 Å². The van der Waals surface area contributed by atoms with Crippen LogP contribution in [0.1, 0.15) is 40.1 Å². The minimum absolute atomic E-state index is 0.150. The van der Waals surface area contributed by atoms with Crippen molar-refractivity contribution >= 4 is 11.7 Å². The standard InChI is InChI=1S/C26H24N4O/c1-18(19-8-4-2-5-9-19)30-16-23-24(17-30)28-29-25(23)27-26(31)22-14-12-21(13-15-22)20-10-6-3-7-11-20/h2-15,18H,16-17H2,1H3,(H2,27,28,29,31). The van der Waals surface area contributed by atoms with Crippen molar-refractivity contribution in [2.24, 2.45) is 0 Å². The number of nitrogens with one attached hydrogen (secondary N) is 2. The van der Waals surface area contributed by atoms with Crippen molar-refractivity contribution in [3.05, 3.63) is 107 Å². The van der Waals surface area contributed by atoms with Crippen molar-refractivity contribution in [1.82, 2.24) is 15.1 Å². The Labute approximate surface area is 181 Å². The van der Waals surface area contributed by atoms with Gasteiger partial charge in [-0.1, -0.05) is 72.8 Å². The van der Waals surface area contributed by atoms with E-state index in [1.807, 2.05) is 48.5 Å². The molecule has 5 heteroatoms. The molecule has 154 valence electrons. The van der Waals surface area contributed by atoms with Crippen molar-refractivity contribution in [1.29, 1.82) is 0 Å². The fraction of sp³-hybridized carbons (Fsp3) is 0.154. The number of carbonyl (C=O) groups is 1. The highest BCUT2D eigenvalue weighted by molar-refractivity contribution is 6.04. The number of benzene rings is 3. The van der Waals surface area contributed by atoms with Gasteiger partial charge in [-0.25, -0.2) is 0 Å². The lowest BCUT2D eigenvalue weighted by molar-refractivity contribution is 0.102. The summed E-state index contributed by atoms with van der Waals surface area (Å²) in [6.45, 7) is 3.76. The first kappa shape index (κ1) is 19.3. The van der Waals surface area contributed by atoms with Gasteiger partial charge >= 0.3 is 0 Å². The van der Waals surface area contributed by atoms with Gasteiger partial charge in [0.05, 0.1) is 5.69 Å². The van der Waals surface area contributed by atoms with E-state index in [9.17, 15) is 4.79 Å². The molecule has 1 unspecified atom stereocenters. The van der Waals surface area contributed by atoms with Crippen molar-refractivity contribution in [3.63, 3.8) is 0 Å². The number of carbonyl (C=O) groups excluding carboxylic acids is 1. The highest BCUT2D eigenvalue weighted by Gasteiger charge is 2.29. The number of hydrogen-bond acceptors (Lipinski definition) is 3. The van der Waals surface area contributed by atoms with Crippen molar-refractivity contribution < 1.29 is 4.79 Å². The highest BCUT2D eigenvalue weighted by Crippen LogP contribution is 2.33. The van der Waals surface area contributed by atoms with Gasteiger partial charge in [-0.2, -0.15) is 5.10 Å². The zero-order valence-electron chi connectivity index (χ0n) is 17.4. The zero-order chi connectivity index (χ0) is 21.2. The average Bonchev–Trinajstić information content (AvgIpc) is 3.42. The maximum Gasteiger partial charge on any atom is 0.256 e. The van der Waals surface area contributed by atoms with Crippen LogP contribution in [0.25, 0.3) is 11.1 Å². The maximum atomic E-state index is 12.8. The number of H-pyrrole nitrogens is 1. The van der Waals surface area contributed by atoms with Gasteiger partial charge in [-0.15, -0.1) is 0 Å². The molecule has 2 heterocycles. The predicted octanol–water partition coefficient (Wildman–Crippen LogP) is 5.41. The molecule has 1 amide bonds. The molecule has 5 nitrogen and oxygen atoms in total. The van der Waals surface area contributed by atoms with Crippen LogP contribution in [0.3, 0.4) is 0 Å². The molecule has 1 aromatic heterocycles. The molecule has 0 spiro atoms. The molecule has 0 aliphatic carbocycles. The third kappa shape index (κ3) is 3.88. The molecule has 31 heavy (non-hydrogen) atoms. The molecule has 1 aliphatic rings. The summed E-state index contributed by atoms with van der Waals surface area (Å²) in [5.41, 5.74) is 6.25. The van der Waals surface area contributed by atoms with Gasteiger partial charge in [0.25, 0.3) is 5.91 Å². The van der Waals surface area contributed by atoms with E-state index in [1.165, 1.54) is 5.56 Å². The summed E-state index contributed by atoms with van der Waals surface area (Å²) in [5, 5.41) is 10.4. The molecule has 0 saturated heterocycles. The number of nitrogens with zero attached hydrogens (tertiary/aromatic N) is 2. The highest BCUT2D eigenvalue weighted by atomic mass is 16.1. The molecule has 0 bridgehead atoms. The van der Waals surface area contributed by atoms with E-state index in [1.54, 1.807) is 0 Å². The predicted molar refractivity (Wildman–Crippen MR) is 123 cm³/mol. The van der Waals surface area contributed by atoms with Gasteiger partial charge in [0.15, 0.2) is 5.82 Å². The molecule has 2 N–H and O–H groups in total. The van der Waals surface area contributed by atoms with Crippen molar-refractivity contribution in [2.75, 3.05) is 5.32 Å². The van der Waals surface area contributed by atoms with Crippen LogP contribution in [0.5, 0.6) is 0 Å². The lowest BCUT2D eigenvalue weighted by atomic mass is 10.0. The summed E-state index contributed by atoms with van der Waals surface area (Å²) in [6, 6.07) is 28.6. The molecule has 0 radical (unpaired) electrons. The second kappa shape index (κ2) is 8.20. The van der Waals surface area contributed by atoms with Crippen LogP contribution in [-0.4, -0.2) is 21.0 Å². The maximum absolute atomic E-state index is 12.8. The monoisotopic (exact) mass is 408 g/mol. The van der Waals surface area contributed by atoms with E-state index in [0.717, 1.165) is 35.5 Å². The Hall–Kier alpha value is -3.70. The molecule has 3 aromatic carbocycles. The Bertz CT molecular complexity index is 1180. The summed E-state index contributed by atoms with van der Waals surface area (Å²) in [7, 11) is 0. The number of rotatable bonds is 5. The fourth-order valence-corrected chi connectivity index (χ4v) is 4.11.